The van der Waals surface area contributed by atoms with E-state index in [9.17, 15) is 4.79 Å². The predicted molar refractivity (Wildman–Crippen MR) is 79.0 cm³/mol. The minimum Gasteiger partial charge on any atom is -0.339 e. The van der Waals surface area contributed by atoms with Crippen molar-refractivity contribution >= 4 is 5.91 Å². The van der Waals surface area contributed by atoms with Gasteiger partial charge >= 0.3 is 0 Å². The maximum atomic E-state index is 11.7. The lowest BCUT2D eigenvalue weighted by Crippen LogP contribution is -2.56. The molecule has 0 aromatic carbocycles. The van der Waals surface area contributed by atoms with Gasteiger partial charge in [0.15, 0.2) is 0 Å². The molecule has 2 N–H and O–H groups in total. The van der Waals surface area contributed by atoms with E-state index in [0.717, 1.165) is 32.7 Å². The first-order valence-corrected chi connectivity index (χ1v) is 7.38. The summed E-state index contributed by atoms with van der Waals surface area (Å²) in [5.41, 5.74) is 0. The molecule has 1 aliphatic heterocycles. The maximum absolute atomic E-state index is 11.7. The molecular weight excluding hydrogens is 240 g/mol. The second-order valence-corrected chi connectivity index (χ2v) is 5.93. The molecule has 19 heavy (non-hydrogen) atoms. The summed E-state index contributed by atoms with van der Waals surface area (Å²) in [5.74, 6) is 0.147. The Hall–Kier alpha value is -0.650. The number of amides is 1. The van der Waals surface area contributed by atoms with E-state index in [2.05, 4.69) is 34.3 Å². The smallest absolute Gasteiger partial charge is 0.223 e. The topological polar surface area (TPSA) is 47.6 Å². The molecule has 0 spiro atoms. The lowest BCUT2D eigenvalue weighted by Gasteiger charge is -2.38. The summed E-state index contributed by atoms with van der Waals surface area (Å²) in [6.07, 6.45) is 0.0421. The van der Waals surface area contributed by atoms with Crippen molar-refractivity contribution < 1.29 is 4.79 Å². The lowest BCUT2D eigenvalue weighted by atomic mass is 10.2. The SMILES string of the molecule is CN[C@H](CN1CCN(C(C)C)CC1)NC(=O)C(C)C. The van der Waals surface area contributed by atoms with E-state index in [4.69, 9.17) is 0 Å². The summed E-state index contributed by atoms with van der Waals surface area (Å²) < 4.78 is 0. The van der Waals surface area contributed by atoms with Crippen molar-refractivity contribution in [3.05, 3.63) is 0 Å². The van der Waals surface area contributed by atoms with E-state index in [1.807, 2.05) is 20.9 Å². The summed E-state index contributed by atoms with van der Waals surface area (Å²) in [6, 6.07) is 0.628. The van der Waals surface area contributed by atoms with Crippen molar-refractivity contribution in [1.29, 1.82) is 0 Å². The van der Waals surface area contributed by atoms with Crippen LogP contribution in [0.25, 0.3) is 0 Å². The lowest BCUT2D eigenvalue weighted by molar-refractivity contribution is -0.125. The van der Waals surface area contributed by atoms with Crippen LogP contribution in [-0.4, -0.2) is 67.7 Å². The van der Waals surface area contributed by atoms with Gasteiger partial charge in [0.2, 0.25) is 5.91 Å². The van der Waals surface area contributed by atoms with Gasteiger partial charge < -0.3 is 5.32 Å². The van der Waals surface area contributed by atoms with Gasteiger partial charge in [-0.25, -0.2) is 0 Å². The highest BCUT2D eigenvalue weighted by atomic mass is 16.2. The monoisotopic (exact) mass is 270 g/mol. The quantitative estimate of drug-likeness (QED) is 0.683. The molecular formula is C14H30N4O. The van der Waals surface area contributed by atoms with Gasteiger partial charge in [-0.05, 0) is 20.9 Å². The zero-order valence-electron chi connectivity index (χ0n) is 13.1. The van der Waals surface area contributed by atoms with Gasteiger partial charge in [-0.15, -0.1) is 0 Å². The van der Waals surface area contributed by atoms with Crippen LogP contribution < -0.4 is 10.6 Å². The first kappa shape index (κ1) is 16.4. The Labute approximate surface area is 117 Å². The van der Waals surface area contributed by atoms with Gasteiger partial charge in [0.25, 0.3) is 0 Å². The molecule has 0 saturated carbocycles. The second-order valence-electron chi connectivity index (χ2n) is 5.93. The Morgan fingerprint density at radius 1 is 1.11 bits per heavy atom. The first-order chi connectivity index (χ1) is 8.93. The minimum absolute atomic E-state index is 0.0358. The van der Waals surface area contributed by atoms with E-state index in [-0.39, 0.29) is 18.0 Å². The van der Waals surface area contributed by atoms with E-state index < -0.39 is 0 Å². The zero-order chi connectivity index (χ0) is 14.4. The average molecular weight is 270 g/mol. The Morgan fingerprint density at radius 2 is 1.68 bits per heavy atom. The van der Waals surface area contributed by atoms with Crippen LogP contribution in [0.3, 0.4) is 0 Å². The van der Waals surface area contributed by atoms with Crippen LogP contribution in [0, 0.1) is 5.92 Å². The fourth-order valence-electron chi connectivity index (χ4n) is 2.27. The molecule has 0 radical (unpaired) electrons. The van der Waals surface area contributed by atoms with Crippen molar-refractivity contribution in [2.24, 2.45) is 5.92 Å². The van der Waals surface area contributed by atoms with Crippen LogP contribution in [0.5, 0.6) is 0 Å². The highest BCUT2D eigenvalue weighted by Crippen LogP contribution is 2.06. The summed E-state index contributed by atoms with van der Waals surface area (Å²) in [5, 5.41) is 6.22. The second kappa shape index (κ2) is 7.82. The average Bonchev–Trinajstić information content (AvgIpc) is 2.38. The molecule has 0 aliphatic carbocycles. The molecule has 0 aromatic heterocycles. The van der Waals surface area contributed by atoms with Crippen LogP contribution in [0.1, 0.15) is 27.7 Å². The molecule has 1 saturated heterocycles. The van der Waals surface area contributed by atoms with Crippen LogP contribution >= 0.6 is 0 Å². The number of carbonyl (C=O) groups is 1. The van der Waals surface area contributed by atoms with E-state index in [1.165, 1.54) is 0 Å². The maximum Gasteiger partial charge on any atom is 0.223 e. The Kier molecular flexibility index (Phi) is 6.75. The van der Waals surface area contributed by atoms with Crippen molar-refractivity contribution in [1.82, 2.24) is 20.4 Å². The largest absolute Gasteiger partial charge is 0.339 e. The van der Waals surface area contributed by atoms with Crippen LogP contribution in [-0.2, 0) is 4.79 Å². The predicted octanol–water partition coefficient (Wildman–Crippen LogP) is 0.330. The van der Waals surface area contributed by atoms with Crippen molar-refractivity contribution in [3.8, 4) is 0 Å². The fraction of sp³-hybridized carbons (Fsp3) is 0.929. The summed E-state index contributed by atoms with van der Waals surface area (Å²) in [6.45, 7) is 13.6. The van der Waals surface area contributed by atoms with Crippen molar-refractivity contribution in [3.63, 3.8) is 0 Å². The molecule has 1 amide bonds. The van der Waals surface area contributed by atoms with Gasteiger partial charge in [-0.3, -0.25) is 19.9 Å². The standard InChI is InChI=1S/C14H30N4O/c1-11(2)14(19)16-13(15-5)10-17-6-8-18(9-7-17)12(3)4/h11-13,15H,6-10H2,1-5H3,(H,16,19)/t13-/m0/s1. The highest BCUT2D eigenvalue weighted by Gasteiger charge is 2.21. The van der Waals surface area contributed by atoms with E-state index in [1.54, 1.807) is 0 Å². The van der Waals surface area contributed by atoms with Gasteiger partial charge in [0, 0.05) is 44.7 Å². The molecule has 0 unspecified atom stereocenters. The molecule has 1 rings (SSSR count). The highest BCUT2D eigenvalue weighted by molar-refractivity contribution is 5.78. The fourth-order valence-corrected chi connectivity index (χ4v) is 2.27. The number of nitrogens with zero attached hydrogens (tertiary/aromatic N) is 2. The molecule has 0 aromatic rings. The van der Waals surface area contributed by atoms with Gasteiger partial charge in [0.1, 0.15) is 0 Å². The third kappa shape index (κ3) is 5.47. The number of piperazine rings is 1. The summed E-state index contributed by atoms with van der Waals surface area (Å²) in [7, 11) is 1.90. The van der Waals surface area contributed by atoms with Crippen LogP contribution in [0.4, 0.5) is 0 Å². The molecule has 0 bridgehead atoms. The van der Waals surface area contributed by atoms with Crippen molar-refractivity contribution in [2.45, 2.75) is 39.9 Å². The van der Waals surface area contributed by atoms with Gasteiger partial charge in [-0.1, -0.05) is 13.8 Å². The van der Waals surface area contributed by atoms with E-state index in [0.29, 0.717) is 6.04 Å². The molecule has 1 atom stereocenters. The number of rotatable bonds is 6. The molecule has 112 valence electrons. The molecule has 1 fully saturated rings. The van der Waals surface area contributed by atoms with Gasteiger partial charge in [-0.2, -0.15) is 0 Å². The molecule has 5 heteroatoms. The molecule has 1 aliphatic rings. The number of likely N-dealkylation sites (N-methyl/N-ethyl adjacent to an activating group) is 1. The van der Waals surface area contributed by atoms with Gasteiger partial charge in [0.05, 0.1) is 6.17 Å². The van der Waals surface area contributed by atoms with Crippen molar-refractivity contribution in [2.75, 3.05) is 39.8 Å². The Balaban J connectivity index is 2.35. The number of hydrogen-bond donors (Lipinski definition) is 2. The van der Waals surface area contributed by atoms with Crippen LogP contribution in [0.2, 0.25) is 0 Å². The molecule has 1 heterocycles. The Bertz CT molecular complexity index is 273. The van der Waals surface area contributed by atoms with Crippen LogP contribution in [0.15, 0.2) is 0 Å². The normalized spacial score (nSPS) is 19.9. The number of carbonyl (C=O) groups excluding carboxylic acids is 1. The number of nitrogens with one attached hydrogen (secondary N) is 2. The number of hydrogen-bond acceptors (Lipinski definition) is 4. The van der Waals surface area contributed by atoms with E-state index >= 15 is 0 Å². The minimum atomic E-state index is 0.0358. The third-order valence-corrected chi connectivity index (χ3v) is 3.77. The third-order valence-electron chi connectivity index (χ3n) is 3.77. The first-order valence-electron chi connectivity index (χ1n) is 7.38. The summed E-state index contributed by atoms with van der Waals surface area (Å²) in [4.78, 5) is 16.6. The molecule has 5 nitrogen and oxygen atoms in total. The summed E-state index contributed by atoms with van der Waals surface area (Å²) >= 11 is 0. The zero-order valence-corrected chi connectivity index (χ0v) is 13.1. The Morgan fingerprint density at radius 3 is 2.11 bits per heavy atom.